The van der Waals surface area contributed by atoms with E-state index in [0.29, 0.717) is 18.9 Å². The van der Waals surface area contributed by atoms with Gasteiger partial charge in [-0.3, -0.25) is 0 Å². The minimum atomic E-state index is -0.736. The molecule has 2 aromatic heterocycles. The molecule has 0 radical (unpaired) electrons. The Morgan fingerprint density at radius 3 is 2.57 bits per heavy atom. The summed E-state index contributed by atoms with van der Waals surface area (Å²) in [6.45, 7) is 0.748. The fraction of sp³-hybridized carbons (Fsp3) is 0.235. The van der Waals surface area contributed by atoms with Crippen LogP contribution in [-0.4, -0.2) is 45.5 Å². The van der Waals surface area contributed by atoms with Gasteiger partial charge >= 0.3 is 0 Å². The van der Waals surface area contributed by atoms with Crippen LogP contribution < -0.4 is 4.90 Å². The molecule has 6 heteroatoms. The highest BCUT2D eigenvalue weighted by Crippen LogP contribution is 2.26. The maximum Gasteiger partial charge on any atom is 0.128 e. The minimum absolute atomic E-state index is 0.273. The first-order chi connectivity index (χ1) is 11.1. The molecule has 23 heavy (non-hydrogen) atoms. The lowest BCUT2D eigenvalue weighted by molar-refractivity contribution is 0.0572. The summed E-state index contributed by atoms with van der Waals surface area (Å²) in [5.74, 6) is 0.442. The fourth-order valence-corrected chi connectivity index (χ4v) is 2.94. The second kappa shape index (κ2) is 5.33. The first kappa shape index (κ1) is 14.2. The molecule has 1 fully saturated rings. The maximum atomic E-state index is 13.3. The van der Waals surface area contributed by atoms with Crippen LogP contribution >= 0.6 is 0 Å². The number of H-pyrrole nitrogens is 1. The average molecular weight is 313 g/mol. The Hall–Kier alpha value is -2.44. The second-order valence-electron chi connectivity index (χ2n) is 5.86. The van der Waals surface area contributed by atoms with E-state index in [9.17, 15) is 14.6 Å². The van der Waals surface area contributed by atoms with Crippen molar-refractivity contribution in [1.29, 1.82) is 0 Å². The van der Waals surface area contributed by atoms with Crippen molar-refractivity contribution in [3.8, 4) is 11.3 Å². The third-order valence-corrected chi connectivity index (χ3v) is 4.23. The van der Waals surface area contributed by atoms with Crippen LogP contribution in [0, 0.1) is 5.82 Å². The summed E-state index contributed by atoms with van der Waals surface area (Å²) in [4.78, 5) is 9.43. The number of hydrogen-bond acceptors (Lipinski definition) is 4. The lowest BCUT2D eigenvalue weighted by Gasteiger charge is -2.16. The molecule has 118 valence electrons. The van der Waals surface area contributed by atoms with Gasteiger partial charge in [0.15, 0.2) is 0 Å². The Kier molecular flexibility index (Phi) is 3.28. The summed E-state index contributed by atoms with van der Waals surface area (Å²) in [5.41, 5.74) is 2.51. The first-order valence-electron chi connectivity index (χ1n) is 7.46. The molecule has 5 nitrogen and oxygen atoms in total. The smallest absolute Gasteiger partial charge is 0.128 e. The Labute approximate surface area is 132 Å². The molecule has 1 aliphatic rings. The number of nitrogens with one attached hydrogen (secondary N) is 1. The molecule has 0 unspecified atom stereocenters. The molecule has 2 atom stereocenters. The number of aromatic nitrogens is 2. The number of anilines is 1. The summed E-state index contributed by atoms with van der Waals surface area (Å²) in [6.07, 6.45) is 0.258. The van der Waals surface area contributed by atoms with Crippen LogP contribution in [0.15, 0.2) is 42.6 Å². The van der Waals surface area contributed by atoms with E-state index in [-0.39, 0.29) is 5.82 Å². The molecule has 0 amide bonds. The molecule has 3 N–H and O–H groups in total. The van der Waals surface area contributed by atoms with Crippen molar-refractivity contribution in [2.24, 2.45) is 0 Å². The van der Waals surface area contributed by atoms with Crippen LogP contribution in [0.25, 0.3) is 22.2 Å². The summed E-state index contributed by atoms with van der Waals surface area (Å²) < 4.78 is 13.3. The Morgan fingerprint density at radius 2 is 1.87 bits per heavy atom. The van der Waals surface area contributed by atoms with Gasteiger partial charge in [0.05, 0.1) is 12.2 Å². The zero-order valence-corrected chi connectivity index (χ0v) is 12.3. The number of hydrogen-bond donors (Lipinski definition) is 3. The molecule has 1 saturated heterocycles. The highest BCUT2D eigenvalue weighted by Gasteiger charge is 2.30. The summed E-state index contributed by atoms with van der Waals surface area (Å²) in [5, 5.41) is 20.2. The standard InChI is InChI=1S/C17H16FN3O2/c18-12-3-1-10-5-13(20-14(10)6-12)11-2-4-17(19-7-11)21-8-15(22)16(23)9-21/h1-7,15-16,20,22-23H,8-9H2/t15-,16-/m0/s1. The molecule has 3 heterocycles. The van der Waals surface area contributed by atoms with Gasteiger partial charge in [0.1, 0.15) is 11.6 Å². The summed E-state index contributed by atoms with van der Waals surface area (Å²) in [6, 6.07) is 10.4. The largest absolute Gasteiger partial charge is 0.389 e. The average Bonchev–Trinajstić information content (AvgIpc) is 3.11. The van der Waals surface area contributed by atoms with E-state index in [1.165, 1.54) is 12.1 Å². The van der Waals surface area contributed by atoms with E-state index in [1.807, 2.05) is 23.1 Å². The third kappa shape index (κ3) is 2.56. The number of nitrogens with zero attached hydrogens (tertiary/aromatic N) is 2. The van der Waals surface area contributed by atoms with Crippen molar-refractivity contribution >= 4 is 16.7 Å². The van der Waals surface area contributed by atoms with Gasteiger partial charge < -0.3 is 20.1 Å². The Bertz CT molecular complexity index is 837. The van der Waals surface area contributed by atoms with Crippen LogP contribution in [0.1, 0.15) is 0 Å². The molecular formula is C17H16FN3O2. The zero-order valence-electron chi connectivity index (χ0n) is 12.3. The van der Waals surface area contributed by atoms with E-state index in [0.717, 1.165) is 22.2 Å². The van der Waals surface area contributed by atoms with Crippen molar-refractivity contribution in [3.63, 3.8) is 0 Å². The molecule has 0 aliphatic carbocycles. The zero-order chi connectivity index (χ0) is 16.0. The number of pyridine rings is 1. The number of halogens is 1. The second-order valence-corrected chi connectivity index (χ2v) is 5.86. The van der Waals surface area contributed by atoms with Crippen LogP contribution in [0.3, 0.4) is 0 Å². The normalized spacial score (nSPS) is 21.3. The van der Waals surface area contributed by atoms with Gasteiger partial charge in [0, 0.05) is 41.4 Å². The predicted octanol–water partition coefficient (Wildman–Crippen LogP) is 1.91. The van der Waals surface area contributed by atoms with E-state index in [2.05, 4.69) is 9.97 Å². The summed E-state index contributed by atoms with van der Waals surface area (Å²) >= 11 is 0. The van der Waals surface area contributed by atoms with E-state index in [1.54, 1.807) is 12.3 Å². The van der Waals surface area contributed by atoms with Crippen molar-refractivity contribution in [2.45, 2.75) is 12.2 Å². The van der Waals surface area contributed by atoms with Gasteiger partial charge in [-0.25, -0.2) is 9.37 Å². The van der Waals surface area contributed by atoms with Gasteiger partial charge in [-0.1, -0.05) is 0 Å². The van der Waals surface area contributed by atoms with Crippen LogP contribution in [0.5, 0.6) is 0 Å². The van der Waals surface area contributed by atoms with Crippen molar-refractivity contribution in [3.05, 3.63) is 48.4 Å². The van der Waals surface area contributed by atoms with Crippen LogP contribution in [-0.2, 0) is 0 Å². The quantitative estimate of drug-likeness (QED) is 0.676. The van der Waals surface area contributed by atoms with Gasteiger partial charge in [-0.2, -0.15) is 0 Å². The van der Waals surface area contributed by atoms with E-state index >= 15 is 0 Å². The molecule has 3 aromatic rings. The molecule has 4 rings (SSSR count). The Balaban J connectivity index is 1.62. The van der Waals surface area contributed by atoms with Gasteiger partial charge in [0.2, 0.25) is 0 Å². The molecule has 0 saturated carbocycles. The van der Waals surface area contributed by atoms with Crippen molar-refractivity contribution in [2.75, 3.05) is 18.0 Å². The molecular weight excluding hydrogens is 297 g/mol. The number of aliphatic hydroxyl groups is 2. The number of aromatic amines is 1. The number of fused-ring (bicyclic) bond motifs is 1. The fourth-order valence-electron chi connectivity index (χ4n) is 2.94. The van der Waals surface area contributed by atoms with Crippen molar-refractivity contribution < 1.29 is 14.6 Å². The lowest BCUT2D eigenvalue weighted by atomic mass is 10.2. The highest BCUT2D eigenvalue weighted by atomic mass is 19.1. The van der Waals surface area contributed by atoms with Gasteiger partial charge in [-0.05, 0) is 36.4 Å². The van der Waals surface area contributed by atoms with E-state index < -0.39 is 12.2 Å². The minimum Gasteiger partial charge on any atom is -0.389 e. The number of benzene rings is 1. The van der Waals surface area contributed by atoms with Crippen LogP contribution in [0.2, 0.25) is 0 Å². The number of aliphatic hydroxyl groups excluding tert-OH is 2. The molecule has 1 aromatic carbocycles. The summed E-state index contributed by atoms with van der Waals surface area (Å²) in [7, 11) is 0. The third-order valence-electron chi connectivity index (χ3n) is 4.23. The van der Waals surface area contributed by atoms with E-state index in [4.69, 9.17) is 0 Å². The monoisotopic (exact) mass is 313 g/mol. The maximum absolute atomic E-state index is 13.3. The number of rotatable bonds is 2. The molecule has 0 spiro atoms. The molecule has 0 bridgehead atoms. The highest BCUT2D eigenvalue weighted by molar-refractivity contribution is 5.85. The van der Waals surface area contributed by atoms with Gasteiger partial charge in [0.25, 0.3) is 0 Å². The van der Waals surface area contributed by atoms with Crippen molar-refractivity contribution in [1.82, 2.24) is 9.97 Å². The van der Waals surface area contributed by atoms with Crippen LogP contribution in [0.4, 0.5) is 10.2 Å². The van der Waals surface area contributed by atoms with Gasteiger partial charge in [-0.15, -0.1) is 0 Å². The predicted molar refractivity (Wildman–Crippen MR) is 85.7 cm³/mol. The lowest BCUT2D eigenvalue weighted by Crippen LogP contribution is -2.22. The Morgan fingerprint density at radius 1 is 1.09 bits per heavy atom. The topological polar surface area (TPSA) is 72.4 Å². The SMILES string of the molecule is O[C@H]1CN(c2ccc(-c3cc4ccc(F)cc4[nH]3)cn2)C[C@@H]1O. The molecule has 1 aliphatic heterocycles. The number of β-amino-alcohol motifs (C(OH)–C–C–N with tert-alkyl or cyclic N) is 2. The first-order valence-corrected chi connectivity index (χ1v) is 7.46.